The van der Waals surface area contributed by atoms with E-state index < -0.39 is 0 Å². The predicted molar refractivity (Wildman–Crippen MR) is 122 cm³/mol. The van der Waals surface area contributed by atoms with Crippen LogP contribution in [0.2, 0.25) is 15.1 Å². The van der Waals surface area contributed by atoms with Gasteiger partial charge in [0.2, 0.25) is 0 Å². The van der Waals surface area contributed by atoms with E-state index in [1.807, 2.05) is 0 Å². The zero-order valence-electron chi connectivity index (χ0n) is 16.0. The van der Waals surface area contributed by atoms with E-state index in [-0.39, 0.29) is 12.4 Å². The third kappa shape index (κ3) is 5.92. The van der Waals surface area contributed by atoms with Gasteiger partial charge < -0.3 is 14.8 Å². The Hall–Kier alpha value is -2.66. The second-order valence-electron chi connectivity index (χ2n) is 6.24. The largest absolute Gasteiger partial charge is 0.495 e. The molecule has 0 spiro atoms. The fourth-order valence-corrected chi connectivity index (χ4v) is 3.33. The Morgan fingerprint density at radius 2 is 1.83 bits per heavy atom. The molecule has 4 nitrogen and oxygen atoms in total. The molecular weight excluding hydrogens is 445 g/mol. The minimum Gasteiger partial charge on any atom is -0.495 e. The molecule has 0 unspecified atom stereocenters. The van der Waals surface area contributed by atoms with Crippen molar-refractivity contribution in [3.8, 4) is 11.5 Å². The third-order valence-corrected chi connectivity index (χ3v) is 5.05. The Morgan fingerprint density at radius 1 is 1.00 bits per heavy atom. The molecule has 0 saturated heterocycles. The van der Waals surface area contributed by atoms with Crippen LogP contribution in [-0.4, -0.2) is 12.9 Å². The van der Waals surface area contributed by atoms with Gasteiger partial charge >= 0.3 is 0 Å². The van der Waals surface area contributed by atoms with E-state index in [1.54, 1.807) is 74.0 Å². The van der Waals surface area contributed by atoms with E-state index in [4.69, 9.17) is 44.3 Å². The second-order valence-corrected chi connectivity index (χ2v) is 7.49. The third-order valence-electron chi connectivity index (χ3n) is 4.16. The van der Waals surface area contributed by atoms with Gasteiger partial charge in [-0.05, 0) is 42.5 Å². The Labute approximate surface area is 190 Å². The van der Waals surface area contributed by atoms with Gasteiger partial charge in [0.25, 0.3) is 0 Å². The first-order chi connectivity index (χ1) is 14.5. The molecule has 0 aliphatic rings. The summed E-state index contributed by atoms with van der Waals surface area (Å²) in [6, 6.07) is 17.4. The first kappa shape index (κ1) is 22.0. The van der Waals surface area contributed by atoms with Crippen LogP contribution in [0.3, 0.4) is 0 Å². The van der Waals surface area contributed by atoms with E-state index in [2.05, 4.69) is 5.32 Å². The van der Waals surface area contributed by atoms with Crippen molar-refractivity contribution in [2.75, 3.05) is 12.4 Å². The van der Waals surface area contributed by atoms with Crippen LogP contribution in [0.1, 0.15) is 15.9 Å². The lowest BCUT2D eigenvalue weighted by Gasteiger charge is -2.09. The molecule has 0 aromatic heterocycles. The number of halogens is 3. The van der Waals surface area contributed by atoms with Crippen LogP contribution in [0.5, 0.6) is 11.5 Å². The summed E-state index contributed by atoms with van der Waals surface area (Å²) in [5, 5.41) is 4.58. The highest BCUT2D eigenvalue weighted by molar-refractivity contribution is 6.35. The minimum atomic E-state index is -0.169. The lowest BCUT2D eigenvalue weighted by Crippen LogP contribution is -2.00. The highest BCUT2D eigenvalue weighted by Gasteiger charge is 2.06. The number of nitrogens with one attached hydrogen (secondary N) is 1. The summed E-state index contributed by atoms with van der Waals surface area (Å²) in [7, 11) is 1.55. The number of carbonyl (C=O) groups excluding carboxylic acids is 1. The Balaban J connectivity index is 1.61. The SMILES string of the molecule is COc1ccc(N/C=C/C(=O)c2cccc(OCc3ccc(Cl)cc3Cl)c2)cc1Cl. The molecule has 3 aromatic rings. The average molecular weight is 463 g/mol. The molecule has 0 radical (unpaired) electrons. The number of benzene rings is 3. The Kier molecular flexibility index (Phi) is 7.63. The summed E-state index contributed by atoms with van der Waals surface area (Å²) in [4.78, 5) is 12.5. The molecule has 0 bridgehead atoms. The van der Waals surface area contributed by atoms with Gasteiger partial charge in [-0.1, -0.05) is 53.0 Å². The molecular formula is C23H18Cl3NO3. The van der Waals surface area contributed by atoms with E-state index in [0.29, 0.717) is 32.1 Å². The summed E-state index contributed by atoms with van der Waals surface area (Å²) in [5.41, 5.74) is 2.04. The molecule has 1 N–H and O–H groups in total. The van der Waals surface area contributed by atoms with Crippen molar-refractivity contribution < 1.29 is 14.3 Å². The first-order valence-electron chi connectivity index (χ1n) is 8.94. The van der Waals surface area contributed by atoms with Gasteiger partial charge in [-0.25, -0.2) is 0 Å². The maximum absolute atomic E-state index is 12.5. The van der Waals surface area contributed by atoms with Gasteiger partial charge in [0.1, 0.15) is 18.1 Å². The second kappa shape index (κ2) is 10.4. The van der Waals surface area contributed by atoms with E-state index in [0.717, 1.165) is 11.3 Å². The number of methoxy groups -OCH3 is 1. The molecule has 0 atom stereocenters. The highest BCUT2D eigenvalue weighted by Crippen LogP contribution is 2.27. The van der Waals surface area contributed by atoms with E-state index in [9.17, 15) is 4.79 Å². The van der Waals surface area contributed by atoms with Crippen molar-refractivity contribution >= 4 is 46.3 Å². The Bertz CT molecular complexity index is 1080. The van der Waals surface area contributed by atoms with Gasteiger partial charge in [0.15, 0.2) is 5.78 Å². The maximum atomic E-state index is 12.5. The fraction of sp³-hybridized carbons (Fsp3) is 0.0870. The fourth-order valence-electron chi connectivity index (χ4n) is 2.60. The van der Waals surface area contributed by atoms with Gasteiger partial charge in [-0.2, -0.15) is 0 Å². The monoisotopic (exact) mass is 461 g/mol. The van der Waals surface area contributed by atoms with Crippen LogP contribution in [0.15, 0.2) is 72.9 Å². The molecule has 3 aromatic carbocycles. The minimum absolute atomic E-state index is 0.169. The van der Waals surface area contributed by atoms with Gasteiger partial charge in [0, 0.05) is 39.1 Å². The lowest BCUT2D eigenvalue weighted by atomic mass is 10.1. The summed E-state index contributed by atoms with van der Waals surface area (Å²) >= 11 is 18.2. The topological polar surface area (TPSA) is 47.6 Å². The zero-order valence-corrected chi connectivity index (χ0v) is 18.3. The van der Waals surface area contributed by atoms with Crippen LogP contribution in [0.4, 0.5) is 5.69 Å². The first-order valence-corrected chi connectivity index (χ1v) is 10.1. The van der Waals surface area contributed by atoms with Gasteiger partial charge in [-0.15, -0.1) is 0 Å². The summed E-state index contributed by atoms with van der Waals surface area (Å²) < 4.78 is 10.9. The van der Waals surface area contributed by atoms with Gasteiger partial charge in [0.05, 0.1) is 12.1 Å². The number of ether oxygens (including phenoxy) is 2. The summed E-state index contributed by atoms with van der Waals surface area (Å²) in [5.74, 6) is 0.978. The number of anilines is 1. The zero-order chi connectivity index (χ0) is 21.5. The molecule has 0 fully saturated rings. The van der Waals surface area contributed by atoms with Crippen molar-refractivity contribution in [3.63, 3.8) is 0 Å². The van der Waals surface area contributed by atoms with Crippen LogP contribution in [0, 0.1) is 0 Å². The summed E-state index contributed by atoms with van der Waals surface area (Å²) in [6.07, 6.45) is 2.99. The average Bonchev–Trinajstić information content (AvgIpc) is 2.73. The Morgan fingerprint density at radius 3 is 2.57 bits per heavy atom. The molecule has 0 amide bonds. The van der Waals surface area contributed by atoms with Gasteiger partial charge in [-0.3, -0.25) is 4.79 Å². The van der Waals surface area contributed by atoms with Crippen molar-refractivity contribution in [2.24, 2.45) is 0 Å². The van der Waals surface area contributed by atoms with Crippen LogP contribution in [0.25, 0.3) is 0 Å². The number of rotatable bonds is 8. The molecule has 0 aliphatic carbocycles. The number of hydrogen-bond donors (Lipinski definition) is 1. The van der Waals surface area contributed by atoms with Crippen LogP contribution < -0.4 is 14.8 Å². The normalized spacial score (nSPS) is 10.8. The number of carbonyl (C=O) groups is 1. The van der Waals surface area contributed by atoms with Crippen LogP contribution >= 0.6 is 34.8 Å². The molecule has 154 valence electrons. The van der Waals surface area contributed by atoms with Crippen molar-refractivity contribution in [2.45, 2.75) is 6.61 Å². The molecule has 0 aliphatic heterocycles. The van der Waals surface area contributed by atoms with Crippen molar-refractivity contribution in [1.82, 2.24) is 0 Å². The number of hydrogen-bond acceptors (Lipinski definition) is 4. The van der Waals surface area contributed by atoms with E-state index >= 15 is 0 Å². The van der Waals surface area contributed by atoms with Crippen LogP contribution in [-0.2, 0) is 6.61 Å². The van der Waals surface area contributed by atoms with E-state index in [1.165, 1.54) is 6.08 Å². The van der Waals surface area contributed by atoms with Crippen molar-refractivity contribution in [1.29, 1.82) is 0 Å². The molecule has 30 heavy (non-hydrogen) atoms. The smallest absolute Gasteiger partial charge is 0.187 e. The molecule has 0 heterocycles. The predicted octanol–water partition coefficient (Wildman–Crippen LogP) is 7.04. The number of ketones is 1. The maximum Gasteiger partial charge on any atom is 0.187 e. The molecule has 7 heteroatoms. The number of allylic oxidation sites excluding steroid dienone is 1. The van der Waals surface area contributed by atoms with Crippen molar-refractivity contribution in [3.05, 3.63) is 99.1 Å². The summed E-state index contributed by atoms with van der Waals surface area (Å²) in [6.45, 7) is 0.267. The highest BCUT2D eigenvalue weighted by atomic mass is 35.5. The lowest BCUT2D eigenvalue weighted by molar-refractivity contribution is 0.104. The standard InChI is InChI=1S/C23H18Cl3NO3/c1-29-23-8-7-18(13-21(23)26)27-10-9-22(28)15-3-2-4-19(11-15)30-14-16-5-6-17(24)12-20(16)25/h2-13,27H,14H2,1H3/b10-9+. The molecule has 0 saturated carbocycles. The quantitative estimate of drug-likeness (QED) is 0.288. The molecule has 3 rings (SSSR count).